The molecule has 0 bridgehead atoms. The predicted octanol–water partition coefficient (Wildman–Crippen LogP) is 1.32. The van der Waals surface area contributed by atoms with Crippen LogP contribution in [0.3, 0.4) is 0 Å². The fraction of sp³-hybridized carbons (Fsp3) is 0.308. The van der Waals surface area contributed by atoms with Crippen LogP contribution in [0.25, 0.3) is 0 Å². The van der Waals surface area contributed by atoms with E-state index >= 15 is 0 Å². The van der Waals surface area contributed by atoms with Crippen molar-refractivity contribution in [1.82, 2.24) is 0 Å². The summed E-state index contributed by atoms with van der Waals surface area (Å²) in [6.45, 7) is 0. The fourth-order valence-electron chi connectivity index (χ4n) is 1.89. The van der Waals surface area contributed by atoms with E-state index in [-0.39, 0.29) is 6.42 Å². The standard InChI is InChI=1S/C13H13ClO6/c14-10(13(19)20)9(12(17)18)8(11(15)16)6-7-4-2-1-3-5-7/h1-5,8-10H,6H2,(H,15,16)(H,17,18)(H,19,20). The summed E-state index contributed by atoms with van der Waals surface area (Å²) < 4.78 is 0. The molecule has 3 N–H and O–H groups in total. The molecule has 0 radical (unpaired) electrons. The minimum Gasteiger partial charge on any atom is -0.481 e. The number of carboxylic acid groups (broad SMARTS) is 3. The van der Waals surface area contributed by atoms with Gasteiger partial charge >= 0.3 is 17.9 Å². The highest BCUT2D eigenvalue weighted by Gasteiger charge is 2.42. The van der Waals surface area contributed by atoms with Crippen molar-refractivity contribution < 1.29 is 29.7 Å². The van der Waals surface area contributed by atoms with Crippen molar-refractivity contribution in [3.8, 4) is 0 Å². The largest absolute Gasteiger partial charge is 0.481 e. The van der Waals surface area contributed by atoms with E-state index in [9.17, 15) is 14.4 Å². The molecular weight excluding hydrogens is 288 g/mol. The van der Waals surface area contributed by atoms with Crippen LogP contribution in [0.15, 0.2) is 30.3 Å². The Morgan fingerprint density at radius 1 is 0.950 bits per heavy atom. The van der Waals surface area contributed by atoms with E-state index in [4.69, 9.17) is 26.9 Å². The summed E-state index contributed by atoms with van der Waals surface area (Å²) in [5.41, 5.74) is 0.598. The monoisotopic (exact) mass is 300 g/mol. The van der Waals surface area contributed by atoms with Gasteiger partial charge in [-0.1, -0.05) is 30.3 Å². The molecular formula is C13H13ClO6. The van der Waals surface area contributed by atoms with Crippen molar-refractivity contribution in [2.24, 2.45) is 11.8 Å². The Kier molecular flexibility index (Phi) is 5.52. The molecule has 3 unspecified atom stereocenters. The molecule has 0 amide bonds. The maximum atomic E-state index is 11.3. The van der Waals surface area contributed by atoms with Crippen LogP contribution in [0.1, 0.15) is 5.56 Å². The van der Waals surface area contributed by atoms with Gasteiger partial charge in [0.25, 0.3) is 0 Å². The van der Waals surface area contributed by atoms with Crippen molar-refractivity contribution >= 4 is 29.5 Å². The molecule has 0 saturated carbocycles. The number of aliphatic carboxylic acids is 3. The predicted molar refractivity (Wildman–Crippen MR) is 69.7 cm³/mol. The van der Waals surface area contributed by atoms with Crippen molar-refractivity contribution in [3.63, 3.8) is 0 Å². The summed E-state index contributed by atoms with van der Waals surface area (Å²) in [5, 5.41) is 25.3. The molecule has 0 aliphatic rings. The smallest absolute Gasteiger partial charge is 0.322 e. The number of carbonyl (C=O) groups is 3. The molecule has 1 aromatic rings. The van der Waals surface area contributed by atoms with E-state index in [1.807, 2.05) is 0 Å². The average molecular weight is 301 g/mol. The van der Waals surface area contributed by atoms with E-state index < -0.39 is 35.1 Å². The van der Waals surface area contributed by atoms with E-state index in [0.29, 0.717) is 5.56 Å². The lowest BCUT2D eigenvalue weighted by Crippen LogP contribution is -2.40. The number of alkyl halides is 1. The fourth-order valence-corrected chi connectivity index (χ4v) is 2.17. The summed E-state index contributed by atoms with van der Waals surface area (Å²) in [4.78, 5) is 33.3. The highest BCUT2D eigenvalue weighted by atomic mass is 35.5. The highest BCUT2D eigenvalue weighted by Crippen LogP contribution is 2.25. The first-order valence-corrected chi connectivity index (χ1v) is 6.14. The Bertz CT molecular complexity index is 501. The first kappa shape index (κ1) is 16.0. The minimum atomic E-state index is -1.81. The van der Waals surface area contributed by atoms with E-state index in [1.165, 1.54) is 0 Å². The second-order valence-corrected chi connectivity index (χ2v) is 4.71. The van der Waals surface area contributed by atoms with Gasteiger partial charge in [0.05, 0.1) is 11.8 Å². The van der Waals surface area contributed by atoms with Crippen LogP contribution in [0, 0.1) is 11.8 Å². The minimum absolute atomic E-state index is 0.107. The summed E-state index contributed by atoms with van der Waals surface area (Å²) >= 11 is 5.54. The zero-order valence-electron chi connectivity index (χ0n) is 10.3. The van der Waals surface area contributed by atoms with Gasteiger partial charge < -0.3 is 15.3 Å². The Balaban J connectivity index is 3.06. The maximum Gasteiger partial charge on any atom is 0.322 e. The SMILES string of the molecule is O=C(O)C(Cl)C(C(=O)O)C(Cc1ccccc1)C(=O)O. The van der Waals surface area contributed by atoms with Crippen LogP contribution in [0.4, 0.5) is 0 Å². The molecule has 0 saturated heterocycles. The van der Waals surface area contributed by atoms with E-state index in [2.05, 4.69) is 0 Å². The topological polar surface area (TPSA) is 112 Å². The second-order valence-electron chi connectivity index (χ2n) is 4.24. The molecule has 0 aliphatic heterocycles. The summed E-state index contributed by atoms with van der Waals surface area (Å²) in [6.07, 6.45) is -0.107. The molecule has 7 heteroatoms. The number of hydrogen-bond donors (Lipinski definition) is 3. The van der Waals surface area contributed by atoms with E-state index in [0.717, 1.165) is 0 Å². The maximum absolute atomic E-state index is 11.3. The van der Waals surface area contributed by atoms with Gasteiger partial charge in [0, 0.05) is 0 Å². The first-order chi connectivity index (χ1) is 9.34. The molecule has 0 fully saturated rings. The van der Waals surface area contributed by atoms with Crippen LogP contribution in [0.5, 0.6) is 0 Å². The van der Waals surface area contributed by atoms with Crippen LogP contribution < -0.4 is 0 Å². The van der Waals surface area contributed by atoms with Gasteiger partial charge in [-0.25, -0.2) is 0 Å². The number of halogens is 1. The summed E-state index contributed by atoms with van der Waals surface area (Å²) in [7, 11) is 0. The summed E-state index contributed by atoms with van der Waals surface area (Å²) in [6, 6.07) is 8.37. The Morgan fingerprint density at radius 2 is 1.50 bits per heavy atom. The molecule has 1 aromatic carbocycles. The van der Waals surface area contributed by atoms with Crippen LogP contribution in [0.2, 0.25) is 0 Å². The average Bonchev–Trinajstić information content (AvgIpc) is 2.38. The molecule has 6 nitrogen and oxygen atoms in total. The third-order valence-electron chi connectivity index (χ3n) is 2.89. The quantitative estimate of drug-likeness (QED) is 0.655. The van der Waals surface area contributed by atoms with Crippen molar-refractivity contribution in [2.75, 3.05) is 0 Å². The van der Waals surface area contributed by atoms with Gasteiger partial charge in [-0.2, -0.15) is 0 Å². The lowest BCUT2D eigenvalue weighted by Gasteiger charge is -2.22. The number of hydrogen-bond acceptors (Lipinski definition) is 3. The van der Waals surface area contributed by atoms with Crippen LogP contribution in [-0.4, -0.2) is 38.6 Å². The van der Waals surface area contributed by atoms with Crippen molar-refractivity contribution in [3.05, 3.63) is 35.9 Å². The lowest BCUT2D eigenvalue weighted by molar-refractivity contribution is -0.156. The Labute approximate surface area is 119 Å². The molecule has 108 valence electrons. The number of carboxylic acids is 3. The van der Waals surface area contributed by atoms with Crippen molar-refractivity contribution in [1.29, 1.82) is 0 Å². The molecule has 0 spiro atoms. The van der Waals surface area contributed by atoms with Gasteiger partial charge in [-0.3, -0.25) is 14.4 Å². The molecule has 0 aliphatic carbocycles. The molecule has 20 heavy (non-hydrogen) atoms. The van der Waals surface area contributed by atoms with Gasteiger partial charge in [-0.15, -0.1) is 11.6 Å². The van der Waals surface area contributed by atoms with Crippen LogP contribution in [-0.2, 0) is 20.8 Å². The molecule has 0 aromatic heterocycles. The zero-order chi connectivity index (χ0) is 15.3. The number of rotatable bonds is 7. The van der Waals surface area contributed by atoms with Gasteiger partial charge in [-0.05, 0) is 12.0 Å². The second kappa shape index (κ2) is 6.91. The first-order valence-electron chi connectivity index (χ1n) is 5.71. The van der Waals surface area contributed by atoms with Gasteiger partial charge in [0.15, 0.2) is 0 Å². The number of benzene rings is 1. The van der Waals surface area contributed by atoms with Crippen LogP contribution >= 0.6 is 11.6 Å². The summed E-state index contributed by atoms with van der Waals surface area (Å²) in [5.74, 6) is -7.64. The normalized spacial score (nSPS) is 15.1. The Morgan fingerprint density at radius 3 is 1.90 bits per heavy atom. The zero-order valence-corrected chi connectivity index (χ0v) is 11.0. The van der Waals surface area contributed by atoms with Gasteiger partial charge in [0.1, 0.15) is 5.38 Å². The highest BCUT2D eigenvalue weighted by molar-refractivity contribution is 6.31. The van der Waals surface area contributed by atoms with E-state index in [1.54, 1.807) is 30.3 Å². The third-order valence-corrected chi connectivity index (χ3v) is 3.34. The van der Waals surface area contributed by atoms with Gasteiger partial charge in [0.2, 0.25) is 0 Å². The third kappa shape index (κ3) is 3.96. The van der Waals surface area contributed by atoms with Crippen molar-refractivity contribution in [2.45, 2.75) is 11.8 Å². The Hall–Kier alpha value is -2.08. The molecule has 1 rings (SSSR count). The lowest BCUT2D eigenvalue weighted by atomic mass is 9.84. The molecule has 3 atom stereocenters. The molecule has 0 heterocycles.